The van der Waals surface area contributed by atoms with Gasteiger partial charge in [-0.2, -0.15) is 0 Å². The first-order valence-corrected chi connectivity index (χ1v) is 4.51. The van der Waals surface area contributed by atoms with Crippen LogP contribution in [0.25, 0.3) is 0 Å². The Hall–Kier alpha value is -0.0831. The fraction of sp³-hybridized carbons (Fsp3) is 0.500. The summed E-state index contributed by atoms with van der Waals surface area (Å²) in [6.07, 6.45) is 0. The van der Waals surface area contributed by atoms with Crippen molar-refractivity contribution in [3.8, 4) is 0 Å². The minimum absolute atomic E-state index is 0.647. The average molecular weight is 101 g/mol. The highest BCUT2D eigenvalue weighted by molar-refractivity contribution is 6.59. The monoisotopic (exact) mass is 101 g/mol. The molecule has 0 aliphatic rings. The second-order valence-electron chi connectivity index (χ2n) is 1.31. The molecule has 1 N–H and O–H groups in total. The number of rotatable bonds is 2. The minimum atomic E-state index is -0.647. The predicted molar refractivity (Wildman–Crippen MR) is 32.3 cm³/mol. The quantitative estimate of drug-likeness (QED) is 0.493. The molecular weight excluding hydrogens is 90.1 g/mol. The fourth-order valence-corrected chi connectivity index (χ4v) is 0.354. The summed E-state index contributed by atoms with van der Waals surface area (Å²) in [5.74, 6) is 0. The maximum atomic E-state index is 3.63. The summed E-state index contributed by atoms with van der Waals surface area (Å²) < 4.78 is 0. The first-order chi connectivity index (χ1) is 2.81. The molecule has 1 atom stereocenters. The average Bonchev–Trinajstić information content (AvgIpc) is 1.65. The third kappa shape index (κ3) is 2.17. The third-order valence-electron chi connectivity index (χ3n) is 0.809. The molecule has 1 nitrogen and oxygen atoms in total. The SMILES string of the molecule is C=C[SiH](C)NC. The molecule has 0 aliphatic carbocycles. The van der Waals surface area contributed by atoms with Gasteiger partial charge in [-0.15, -0.1) is 6.58 Å². The van der Waals surface area contributed by atoms with Crippen molar-refractivity contribution in [2.24, 2.45) is 0 Å². The van der Waals surface area contributed by atoms with E-state index in [4.69, 9.17) is 0 Å². The Morgan fingerprint density at radius 2 is 2.33 bits per heavy atom. The second-order valence-corrected chi connectivity index (χ2v) is 3.94. The summed E-state index contributed by atoms with van der Waals surface area (Å²) in [6, 6.07) is 0. The van der Waals surface area contributed by atoms with Crippen molar-refractivity contribution >= 4 is 8.96 Å². The molecule has 0 spiro atoms. The number of hydrogen-bond acceptors (Lipinski definition) is 1. The standard InChI is InChI=1S/C4H11NSi/c1-4-6(3)5-2/h4-6H,1H2,2-3H3. The van der Waals surface area contributed by atoms with E-state index in [1.165, 1.54) is 0 Å². The molecule has 0 aromatic rings. The lowest BCUT2D eigenvalue weighted by Crippen LogP contribution is -2.23. The maximum Gasteiger partial charge on any atom is 0.129 e. The Morgan fingerprint density at radius 1 is 1.83 bits per heavy atom. The van der Waals surface area contributed by atoms with Crippen molar-refractivity contribution in [1.82, 2.24) is 4.98 Å². The van der Waals surface area contributed by atoms with E-state index in [9.17, 15) is 0 Å². The van der Waals surface area contributed by atoms with Crippen LogP contribution in [0.2, 0.25) is 6.55 Å². The zero-order chi connectivity index (χ0) is 4.99. The van der Waals surface area contributed by atoms with E-state index in [0.29, 0.717) is 0 Å². The molecule has 6 heavy (non-hydrogen) atoms. The van der Waals surface area contributed by atoms with Crippen LogP contribution in [0.15, 0.2) is 12.3 Å². The Kier molecular flexibility index (Phi) is 3.08. The lowest BCUT2D eigenvalue weighted by atomic mass is 11.3. The second kappa shape index (κ2) is 3.12. The van der Waals surface area contributed by atoms with Crippen LogP contribution >= 0.6 is 0 Å². The lowest BCUT2D eigenvalue weighted by Gasteiger charge is -1.95. The summed E-state index contributed by atoms with van der Waals surface area (Å²) in [4.78, 5) is 3.14. The molecule has 0 aromatic heterocycles. The Morgan fingerprint density at radius 3 is 2.33 bits per heavy atom. The molecule has 0 fully saturated rings. The normalized spacial score (nSPS) is 13.7. The number of hydrogen-bond donors (Lipinski definition) is 1. The van der Waals surface area contributed by atoms with Crippen LogP contribution in [0.4, 0.5) is 0 Å². The summed E-state index contributed by atoms with van der Waals surface area (Å²) in [6.45, 7) is 5.82. The van der Waals surface area contributed by atoms with E-state index in [2.05, 4.69) is 18.1 Å². The van der Waals surface area contributed by atoms with Crippen molar-refractivity contribution in [1.29, 1.82) is 0 Å². The fourth-order valence-electron chi connectivity index (χ4n) is 0.118. The summed E-state index contributed by atoms with van der Waals surface area (Å²) >= 11 is 0. The molecule has 0 saturated carbocycles. The first-order valence-electron chi connectivity index (χ1n) is 2.11. The molecule has 2 heteroatoms. The Labute approximate surface area is 40.8 Å². The van der Waals surface area contributed by atoms with Gasteiger partial charge in [0, 0.05) is 0 Å². The van der Waals surface area contributed by atoms with Gasteiger partial charge in [0.2, 0.25) is 0 Å². The van der Waals surface area contributed by atoms with Gasteiger partial charge in [0.1, 0.15) is 8.96 Å². The van der Waals surface area contributed by atoms with E-state index in [1.54, 1.807) is 0 Å². The highest BCUT2D eigenvalue weighted by Gasteiger charge is 1.85. The van der Waals surface area contributed by atoms with Crippen LogP contribution in [0.5, 0.6) is 0 Å². The zero-order valence-corrected chi connectivity index (χ0v) is 5.52. The lowest BCUT2D eigenvalue weighted by molar-refractivity contribution is 1.22. The van der Waals surface area contributed by atoms with Crippen LogP contribution in [0.1, 0.15) is 0 Å². The molecular formula is C4H11NSi. The molecule has 0 aromatic carbocycles. The van der Waals surface area contributed by atoms with E-state index in [-0.39, 0.29) is 0 Å². The van der Waals surface area contributed by atoms with Gasteiger partial charge in [0.05, 0.1) is 0 Å². The van der Waals surface area contributed by atoms with Crippen LogP contribution < -0.4 is 4.98 Å². The molecule has 0 saturated heterocycles. The minimum Gasteiger partial charge on any atom is -0.339 e. The zero-order valence-electron chi connectivity index (χ0n) is 4.36. The van der Waals surface area contributed by atoms with Gasteiger partial charge < -0.3 is 4.98 Å². The summed E-state index contributed by atoms with van der Waals surface area (Å²) in [5.41, 5.74) is 2.00. The molecule has 0 bridgehead atoms. The molecule has 36 valence electrons. The topological polar surface area (TPSA) is 12.0 Å². The van der Waals surface area contributed by atoms with Crippen molar-refractivity contribution in [3.63, 3.8) is 0 Å². The van der Waals surface area contributed by atoms with Gasteiger partial charge in [0.25, 0.3) is 0 Å². The maximum absolute atomic E-state index is 3.63. The number of nitrogens with one attached hydrogen (secondary N) is 1. The smallest absolute Gasteiger partial charge is 0.129 e. The van der Waals surface area contributed by atoms with Crippen molar-refractivity contribution in [2.75, 3.05) is 7.05 Å². The first kappa shape index (κ1) is 5.92. The molecule has 0 radical (unpaired) electrons. The van der Waals surface area contributed by atoms with Gasteiger partial charge in [-0.05, 0) is 7.05 Å². The predicted octanol–water partition coefficient (Wildman–Crippen LogP) is 0.285. The van der Waals surface area contributed by atoms with Crippen LogP contribution in [-0.2, 0) is 0 Å². The van der Waals surface area contributed by atoms with E-state index < -0.39 is 8.96 Å². The van der Waals surface area contributed by atoms with E-state index in [1.807, 2.05) is 12.7 Å². The Balaban J connectivity index is 2.96. The largest absolute Gasteiger partial charge is 0.339 e. The molecule has 1 unspecified atom stereocenters. The summed E-state index contributed by atoms with van der Waals surface area (Å²) in [7, 11) is 1.32. The van der Waals surface area contributed by atoms with Crippen LogP contribution in [0, 0.1) is 0 Å². The van der Waals surface area contributed by atoms with Crippen molar-refractivity contribution in [3.05, 3.63) is 12.3 Å². The van der Waals surface area contributed by atoms with Gasteiger partial charge >= 0.3 is 0 Å². The van der Waals surface area contributed by atoms with Crippen molar-refractivity contribution < 1.29 is 0 Å². The van der Waals surface area contributed by atoms with Crippen molar-refractivity contribution in [2.45, 2.75) is 6.55 Å². The van der Waals surface area contributed by atoms with E-state index in [0.717, 1.165) is 0 Å². The van der Waals surface area contributed by atoms with E-state index >= 15 is 0 Å². The van der Waals surface area contributed by atoms with Gasteiger partial charge in [-0.1, -0.05) is 12.2 Å². The van der Waals surface area contributed by atoms with Crippen LogP contribution in [-0.4, -0.2) is 16.0 Å². The molecule has 0 aliphatic heterocycles. The van der Waals surface area contributed by atoms with Gasteiger partial charge in [0.15, 0.2) is 0 Å². The highest BCUT2D eigenvalue weighted by atomic mass is 28.3. The van der Waals surface area contributed by atoms with Crippen LogP contribution in [0.3, 0.4) is 0 Å². The summed E-state index contributed by atoms with van der Waals surface area (Å²) in [5, 5.41) is 0. The van der Waals surface area contributed by atoms with Gasteiger partial charge in [-0.3, -0.25) is 0 Å². The highest BCUT2D eigenvalue weighted by Crippen LogP contribution is 1.68. The molecule has 0 rings (SSSR count). The molecule has 0 amide bonds. The third-order valence-corrected chi connectivity index (χ3v) is 2.43. The Bertz CT molecular complexity index is 44.8. The van der Waals surface area contributed by atoms with Gasteiger partial charge in [-0.25, -0.2) is 0 Å². The molecule has 0 heterocycles.